The first kappa shape index (κ1) is 15.3. The number of benzene rings is 1. The number of hydrogen-bond donors (Lipinski definition) is 2. The number of anilines is 2. The summed E-state index contributed by atoms with van der Waals surface area (Å²) < 4.78 is 27.9. The van der Waals surface area contributed by atoms with Gasteiger partial charge in [-0.05, 0) is 23.6 Å². The molecule has 7 heteroatoms. The summed E-state index contributed by atoms with van der Waals surface area (Å²) in [5.41, 5.74) is 1.60. The molecule has 0 spiro atoms. The largest absolute Gasteiger partial charge is 0.359 e. The zero-order valence-corrected chi connectivity index (χ0v) is 14.1. The van der Waals surface area contributed by atoms with Crippen LogP contribution in [0.1, 0.15) is 0 Å². The maximum Gasteiger partial charge on any atom is 0.271 e. The standard InChI is InChI=1S/C15H19N3O2S2/c1-17-8-10-18(11-9-17)14-6-3-2-5-13(14)16-22(19,20)15-7-4-12-21-15/h2-7,12,16H,8-11H2,1H3/p+1. The van der Waals surface area contributed by atoms with Gasteiger partial charge >= 0.3 is 0 Å². The SMILES string of the molecule is C[NH+]1CCN(c2ccccc2NS(=O)(=O)c2cccs2)CC1. The molecular formula is C15H20N3O2S2+. The molecule has 0 aliphatic carbocycles. The van der Waals surface area contributed by atoms with E-state index in [0.717, 1.165) is 31.9 Å². The van der Waals surface area contributed by atoms with Crippen molar-refractivity contribution in [2.24, 2.45) is 0 Å². The van der Waals surface area contributed by atoms with Crippen molar-refractivity contribution in [2.45, 2.75) is 4.21 Å². The zero-order valence-electron chi connectivity index (χ0n) is 12.5. The Bertz CT molecular complexity index is 721. The number of nitrogens with one attached hydrogen (secondary N) is 2. The molecule has 118 valence electrons. The van der Waals surface area contributed by atoms with Crippen LogP contribution in [0, 0.1) is 0 Å². The Morgan fingerprint density at radius 1 is 1.14 bits per heavy atom. The lowest BCUT2D eigenvalue weighted by Gasteiger charge is -2.33. The van der Waals surface area contributed by atoms with Gasteiger partial charge in [-0.2, -0.15) is 0 Å². The van der Waals surface area contributed by atoms with Crippen LogP contribution < -0.4 is 14.5 Å². The molecule has 2 heterocycles. The molecule has 0 radical (unpaired) electrons. The van der Waals surface area contributed by atoms with Gasteiger partial charge in [0, 0.05) is 0 Å². The third-order valence-electron chi connectivity index (χ3n) is 3.87. The molecule has 0 amide bonds. The Labute approximate surface area is 135 Å². The highest BCUT2D eigenvalue weighted by molar-refractivity contribution is 7.94. The number of likely N-dealkylation sites (N-methyl/N-ethyl adjacent to an activating group) is 1. The van der Waals surface area contributed by atoms with Gasteiger partial charge in [-0.1, -0.05) is 18.2 Å². The van der Waals surface area contributed by atoms with Gasteiger partial charge in [0.1, 0.15) is 4.21 Å². The lowest BCUT2D eigenvalue weighted by Crippen LogP contribution is -3.12. The number of nitrogens with zero attached hydrogens (tertiary/aromatic N) is 1. The molecule has 5 nitrogen and oxygen atoms in total. The topological polar surface area (TPSA) is 53.9 Å². The highest BCUT2D eigenvalue weighted by Gasteiger charge is 2.22. The third kappa shape index (κ3) is 3.26. The van der Waals surface area contributed by atoms with Gasteiger partial charge in [-0.15, -0.1) is 11.3 Å². The van der Waals surface area contributed by atoms with E-state index in [4.69, 9.17) is 0 Å². The molecule has 1 fully saturated rings. The summed E-state index contributed by atoms with van der Waals surface area (Å²) in [7, 11) is -1.32. The fourth-order valence-electron chi connectivity index (χ4n) is 2.58. The predicted octanol–water partition coefficient (Wildman–Crippen LogP) is 0.884. The summed E-state index contributed by atoms with van der Waals surface area (Å²) in [5, 5.41) is 1.77. The smallest absolute Gasteiger partial charge is 0.271 e. The van der Waals surface area contributed by atoms with Crippen molar-refractivity contribution < 1.29 is 13.3 Å². The monoisotopic (exact) mass is 338 g/mol. The molecule has 1 aromatic heterocycles. The van der Waals surface area contributed by atoms with Crippen LogP contribution in [0.5, 0.6) is 0 Å². The Kier molecular flexibility index (Phi) is 4.37. The maximum atomic E-state index is 12.4. The van der Waals surface area contributed by atoms with E-state index < -0.39 is 10.0 Å². The van der Waals surface area contributed by atoms with Gasteiger partial charge in [0.25, 0.3) is 10.0 Å². The summed E-state index contributed by atoms with van der Waals surface area (Å²) in [5.74, 6) is 0. The van der Waals surface area contributed by atoms with Crippen molar-refractivity contribution in [1.29, 1.82) is 0 Å². The van der Waals surface area contributed by atoms with E-state index in [0.29, 0.717) is 9.90 Å². The summed E-state index contributed by atoms with van der Waals surface area (Å²) >= 11 is 1.22. The van der Waals surface area contributed by atoms with Crippen LogP contribution in [0.15, 0.2) is 46.0 Å². The number of sulfonamides is 1. The minimum atomic E-state index is -3.51. The second-order valence-corrected chi connectivity index (χ2v) is 8.36. The van der Waals surface area contributed by atoms with Crippen molar-refractivity contribution >= 4 is 32.7 Å². The normalized spacial score (nSPS) is 16.7. The number of quaternary nitrogens is 1. The molecule has 2 aromatic rings. The van der Waals surface area contributed by atoms with Crippen molar-refractivity contribution in [3.63, 3.8) is 0 Å². The van der Waals surface area contributed by atoms with E-state index in [2.05, 4.69) is 16.7 Å². The van der Waals surface area contributed by atoms with Crippen LogP contribution in [0.2, 0.25) is 0 Å². The second kappa shape index (κ2) is 6.28. The molecule has 1 aliphatic rings. The quantitative estimate of drug-likeness (QED) is 0.870. The Morgan fingerprint density at radius 3 is 2.55 bits per heavy atom. The first-order valence-electron chi connectivity index (χ1n) is 7.28. The highest BCUT2D eigenvalue weighted by atomic mass is 32.2. The van der Waals surface area contributed by atoms with E-state index in [9.17, 15) is 8.42 Å². The Morgan fingerprint density at radius 2 is 1.86 bits per heavy atom. The summed E-state index contributed by atoms with van der Waals surface area (Å²) in [6.07, 6.45) is 0. The van der Waals surface area contributed by atoms with Crippen LogP contribution in [0.3, 0.4) is 0 Å². The Hall–Kier alpha value is -1.57. The summed E-state index contributed by atoms with van der Waals surface area (Å²) in [6.45, 7) is 3.99. The first-order chi connectivity index (χ1) is 10.6. The second-order valence-electron chi connectivity index (χ2n) is 5.50. The minimum absolute atomic E-state index is 0.338. The molecule has 2 N–H and O–H groups in total. The van der Waals surface area contributed by atoms with Gasteiger partial charge in [-0.25, -0.2) is 8.42 Å². The lowest BCUT2D eigenvalue weighted by molar-refractivity contribution is -0.880. The molecule has 1 aromatic carbocycles. The number of hydrogen-bond acceptors (Lipinski definition) is 4. The number of rotatable bonds is 4. The van der Waals surface area contributed by atoms with Gasteiger partial charge in [0.15, 0.2) is 0 Å². The number of piperazine rings is 1. The maximum absolute atomic E-state index is 12.4. The van der Waals surface area contributed by atoms with Crippen LogP contribution in [-0.2, 0) is 10.0 Å². The molecule has 22 heavy (non-hydrogen) atoms. The number of thiophene rings is 1. The molecule has 0 saturated carbocycles. The molecule has 3 rings (SSSR count). The van der Waals surface area contributed by atoms with Crippen molar-refractivity contribution in [2.75, 3.05) is 42.8 Å². The van der Waals surface area contributed by atoms with Crippen LogP contribution in [0.25, 0.3) is 0 Å². The molecule has 0 unspecified atom stereocenters. The van der Waals surface area contributed by atoms with Crippen LogP contribution in [-0.4, -0.2) is 41.6 Å². The van der Waals surface area contributed by atoms with Gasteiger partial charge < -0.3 is 9.80 Å². The minimum Gasteiger partial charge on any atom is -0.359 e. The van der Waals surface area contributed by atoms with Crippen molar-refractivity contribution in [3.05, 3.63) is 41.8 Å². The van der Waals surface area contributed by atoms with E-state index in [-0.39, 0.29) is 0 Å². The molecule has 0 atom stereocenters. The zero-order chi connectivity index (χ0) is 15.6. The van der Waals surface area contributed by atoms with Gasteiger partial charge in [0.05, 0.1) is 44.6 Å². The van der Waals surface area contributed by atoms with E-state index in [1.165, 1.54) is 16.2 Å². The lowest BCUT2D eigenvalue weighted by atomic mass is 10.2. The fraction of sp³-hybridized carbons (Fsp3) is 0.333. The van der Waals surface area contributed by atoms with E-state index in [1.807, 2.05) is 24.3 Å². The molecule has 0 bridgehead atoms. The average Bonchev–Trinajstić information content (AvgIpc) is 3.04. The molecule has 1 aliphatic heterocycles. The van der Waals surface area contributed by atoms with Crippen LogP contribution >= 0.6 is 11.3 Å². The summed E-state index contributed by atoms with van der Waals surface area (Å²) in [6, 6.07) is 11.0. The Balaban J connectivity index is 1.86. The van der Waals surface area contributed by atoms with Crippen molar-refractivity contribution in [1.82, 2.24) is 0 Å². The summed E-state index contributed by atoms with van der Waals surface area (Å²) in [4.78, 5) is 3.76. The third-order valence-corrected chi connectivity index (χ3v) is 6.63. The van der Waals surface area contributed by atoms with Gasteiger partial charge in [0.2, 0.25) is 0 Å². The highest BCUT2D eigenvalue weighted by Crippen LogP contribution is 2.28. The average molecular weight is 338 g/mol. The fourth-order valence-corrected chi connectivity index (χ4v) is 4.64. The van der Waals surface area contributed by atoms with E-state index >= 15 is 0 Å². The van der Waals surface area contributed by atoms with Crippen LogP contribution in [0.4, 0.5) is 11.4 Å². The van der Waals surface area contributed by atoms with E-state index in [1.54, 1.807) is 17.5 Å². The molecular weight excluding hydrogens is 318 g/mol. The number of para-hydroxylation sites is 2. The molecule has 1 saturated heterocycles. The predicted molar refractivity (Wildman–Crippen MR) is 90.4 cm³/mol. The van der Waals surface area contributed by atoms with Gasteiger partial charge in [-0.3, -0.25) is 4.72 Å². The first-order valence-corrected chi connectivity index (χ1v) is 9.64. The van der Waals surface area contributed by atoms with Crippen molar-refractivity contribution in [3.8, 4) is 0 Å².